The lowest BCUT2D eigenvalue weighted by molar-refractivity contribution is -0.143. The highest BCUT2D eigenvalue weighted by Gasteiger charge is 2.33. The van der Waals surface area contributed by atoms with E-state index in [1.807, 2.05) is 0 Å². The first-order chi connectivity index (χ1) is 17.3. The third-order valence-electron chi connectivity index (χ3n) is 6.08. The number of amides is 3. The zero-order chi connectivity index (χ0) is 28.3. The van der Waals surface area contributed by atoms with Crippen LogP contribution in [0, 0.1) is 11.8 Å². The Morgan fingerprint density at radius 2 is 1.43 bits per heavy atom. The molecule has 0 bridgehead atoms. The van der Waals surface area contributed by atoms with E-state index in [9.17, 15) is 34.2 Å². The number of phenolic OH excluding ortho intramolecular Hbond substituents is 1. The van der Waals surface area contributed by atoms with Gasteiger partial charge in [-0.25, -0.2) is 4.79 Å². The van der Waals surface area contributed by atoms with Crippen LogP contribution >= 0.6 is 0 Å². The molecule has 1 rings (SSSR count). The summed E-state index contributed by atoms with van der Waals surface area (Å²) in [5.74, 6) is -5.22. The summed E-state index contributed by atoms with van der Waals surface area (Å²) in [6.45, 7) is 6.99. The lowest BCUT2D eigenvalue weighted by atomic mass is 9.96. The van der Waals surface area contributed by atoms with Crippen LogP contribution in [0.3, 0.4) is 0 Å². The molecule has 12 nitrogen and oxygen atoms in total. The fraction of sp³-hybridized carbons (Fsp3) is 0.560. The van der Waals surface area contributed by atoms with Gasteiger partial charge in [-0.3, -0.25) is 19.2 Å². The Hall–Kier alpha value is -3.67. The Balaban J connectivity index is 3.16. The number of hydrogen-bond acceptors (Lipinski definition) is 7. The molecule has 0 fully saturated rings. The van der Waals surface area contributed by atoms with Gasteiger partial charge in [0.25, 0.3) is 0 Å². The quantitative estimate of drug-likeness (QED) is 0.169. The molecule has 0 saturated heterocycles. The molecule has 0 spiro atoms. The molecule has 0 heterocycles. The van der Waals surface area contributed by atoms with Gasteiger partial charge in [-0.2, -0.15) is 0 Å². The van der Waals surface area contributed by atoms with Crippen molar-refractivity contribution in [2.45, 2.75) is 77.5 Å². The molecule has 0 aliphatic heterocycles. The predicted molar refractivity (Wildman–Crippen MR) is 134 cm³/mol. The Morgan fingerprint density at radius 3 is 1.92 bits per heavy atom. The lowest BCUT2D eigenvalue weighted by Gasteiger charge is -2.28. The fourth-order valence-electron chi connectivity index (χ4n) is 3.39. The predicted octanol–water partition coefficient (Wildman–Crippen LogP) is 0.368. The van der Waals surface area contributed by atoms with Crippen LogP contribution in [0.15, 0.2) is 24.3 Å². The molecule has 1 aromatic carbocycles. The van der Waals surface area contributed by atoms with Crippen molar-refractivity contribution in [1.82, 2.24) is 16.0 Å². The summed E-state index contributed by atoms with van der Waals surface area (Å²) in [4.78, 5) is 61.4. The zero-order valence-electron chi connectivity index (χ0n) is 21.6. The maximum Gasteiger partial charge on any atom is 0.326 e. The number of aromatic hydroxyl groups is 1. The molecule has 0 aromatic heterocycles. The van der Waals surface area contributed by atoms with Crippen molar-refractivity contribution >= 4 is 29.7 Å². The van der Waals surface area contributed by atoms with E-state index < -0.39 is 66.2 Å². The average molecular weight is 523 g/mol. The maximum atomic E-state index is 13.3. The smallest absolute Gasteiger partial charge is 0.326 e. The highest BCUT2D eigenvalue weighted by molar-refractivity contribution is 5.94. The van der Waals surface area contributed by atoms with E-state index in [0.29, 0.717) is 12.0 Å². The van der Waals surface area contributed by atoms with Gasteiger partial charge in [0.2, 0.25) is 17.7 Å². The summed E-state index contributed by atoms with van der Waals surface area (Å²) in [5.41, 5.74) is 6.56. The molecule has 0 saturated carbocycles. The molecule has 1 aromatic rings. The summed E-state index contributed by atoms with van der Waals surface area (Å²) in [5, 5.41) is 35.3. The monoisotopic (exact) mass is 522 g/mol. The van der Waals surface area contributed by atoms with Gasteiger partial charge in [0.1, 0.15) is 23.9 Å². The first-order valence-corrected chi connectivity index (χ1v) is 12.2. The van der Waals surface area contributed by atoms with Crippen LogP contribution in [-0.4, -0.2) is 69.1 Å². The summed E-state index contributed by atoms with van der Waals surface area (Å²) in [7, 11) is 0. The minimum Gasteiger partial charge on any atom is -0.508 e. The van der Waals surface area contributed by atoms with Crippen molar-refractivity contribution < 1.29 is 39.3 Å². The third-order valence-corrected chi connectivity index (χ3v) is 6.08. The molecule has 5 atom stereocenters. The van der Waals surface area contributed by atoms with E-state index in [2.05, 4.69) is 16.0 Å². The van der Waals surface area contributed by atoms with Crippen molar-refractivity contribution in [2.24, 2.45) is 17.6 Å². The van der Waals surface area contributed by atoms with Crippen molar-refractivity contribution in [2.75, 3.05) is 0 Å². The van der Waals surface area contributed by atoms with E-state index in [0.717, 1.165) is 0 Å². The number of carboxylic acid groups (broad SMARTS) is 2. The summed E-state index contributed by atoms with van der Waals surface area (Å²) in [6.07, 6.45) is -0.301. The fourth-order valence-corrected chi connectivity index (χ4v) is 3.39. The zero-order valence-corrected chi connectivity index (χ0v) is 21.6. The number of carboxylic acids is 2. The Bertz CT molecular complexity index is 951. The van der Waals surface area contributed by atoms with Gasteiger partial charge in [-0.1, -0.05) is 46.2 Å². The van der Waals surface area contributed by atoms with Gasteiger partial charge in [0.05, 0.1) is 6.04 Å². The van der Waals surface area contributed by atoms with Crippen LogP contribution in [-0.2, 0) is 30.4 Å². The van der Waals surface area contributed by atoms with Gasteiger partial charge in [0, 0.05) is 12.8 Å². The van der Waals surface area contributed by atoms with Crippen LogP contribution in [0.2, 0.25) is 0 Å². The Morgan fingerprint density at radius 1 is 0.865 bits per heavy atom. The SMILES string of the molecule is CCC(C)C(NC(=O)C(Cc1ccc(O)cc1)NC(=O)C(N)C(C)C)C(=O)NC(CCC(=O)O)C(=O)O. The first kappa shape index (κ1) is 31.4. The van der Waals surface area contributed by atoms with Gasteiger partial charge < -0.3 is 37.0 Å². The normalized spacial score (nSPS) is 15.1. The molecule has 0 aliphatic rings. The Labute approximate surface area is 216 Å². The number of nitrogens with two attached hydrogens (primary N) is 1. The van der Waals surface area contributed by atoms with Crippen LogP contribution in [0.4, 0.5) is 0 Å². The number of hydrogen-bond donors (Lipinski definition) is 7. The topological polar surface area (TPSA) is 208 Å². The second-order valence-corrected chi connectivity index (χ2v) is 9.41. The molecule has 8 N–H and O–H groups in total. The van der Waals surface area contributed by atoms with Crippen molar-refractivity contribution in [3.63, 3.8) is 0 Å². The number of phenols is 1. The second-order valence-electron chi connectivity index (χ2n) is 9.41. The average Bonchev–Trinajstić information content (AvgIpc) is 2.84. The second kappa shape index (κ2) is 14.8. The summed E-state index contributed by atoms with van der Waals surface area (Å²) in [6, 6.07) is 1.43. The highest BCUT2D eigenvalue weighted by atomic mass is 16.4. The molecule has 37 heavy (non-hydrogen) atoms. The van der Waals surface area contributed by atoms with Crippen molar-refractivity contribution in [1.29, 1.82) is 0 Å². The van der Waals surface area contributed by atoms with E-state index >= 15 is 0 Å². The molecule has 3 amide bonds. The molecule has 5 unspecified atom stereocenters. The van der Waals surface area contributed by atoms with E-state index in [-0.39, 0.29) is 24.5 Å². The minimum atomic E-state index is -1.46. The largest absolute Gasteiger partial charge is 0.508 e. The summed E-state index contributed by atoms with van der Waals surface area (Å²) < 4.78 is 0. The van der Waals surface area contributed by atoms with E-state index in [1.165, 1.54) is 12.1 Å². The highest BCUT2D eigenvalue weighted by Crippen LogP contribution is 2.14. The Kier molecular flexibility index (Phi) is 12.5. The molecule has 206 valence electrons. The molecule has 0 radical (unpaired) electrons. The number of benzene rings is 1. The van der Waals surface area contributed by atoms with Crippen molar-refractivity contribution in [3.05, 3.63) is 29.8 Å². The standard InChI is InChI=1S/C25H38N4O8/c1-5-14(4)21(24(35)27-17(25(36)37)10-11-19(31)32)29-22(33)18(28-23(34)20(26)13(2)3)12-15-6-8-16(30)9-7-15/h6-9,13-14,17-18,20-21,30H,5,10-12,26H2,1-4H3,(H,27,35)(H,28,34)(H,29,33)(H,31,32)(H,36,37). The molecular weight excluding hydrogens is 484 g/mol. The van der Waals surface area contributed by atoms with Crippen LogP contribution in [0.5, 0.6) is 5.75 Å². The number of nitrogens with one attached hydrogen (secondary N) is 3. The van der Waals surface area contributed by atoms with Gasteiger partial charge >= 0.3 is 11.9 Å². The van der Waals surface area contributed by atoms with Crippen LogP contribution < -0.4 is 21.7 Å². The number of aliphatic carboxylic acids is 2. The van der Waals surface area contributed by atoms with Gasteiger partial charge in [0.15, 0.2) is 0 Å². The van der Waals surface area contributed by atoms with Crippen LogP contribution in [0.25, 0.3) is 0 Å². The maximum absolute atomic E-state index is 13.3. The molecular formula is C25H38N4O8. The molecule has 0 aliphatic carbocycles. The molecule has 12 heteroatoms. The lowest BCUT2D eigenvalue weighted by Crippen LogP contribution is -2.59. The minimum absolute atomic E-state index is 0.0278. The van der Waals surface area contributed by atoms with E-state index in [1.54, 1.807) is 39.8 Å². The van der Waals surface area contributed by atoms with Crippen molar-refractivity contribution in [3.8, 4) is 5.75 Å². The first-order valence-electron chi connectivity index (χ1n) is 12.2. The van der Waals surface area contributed by atoms with Gasteiger partial charge in [-0.05, 0) is 36.0 Å². The van der Waals surface area contributed by atoms with Gasteiger partial charge in [-0.15, -0.1) is 0 Å². The number of carbonyl (C=O) groups excluding carboxylic acids is 3. The van der Waals surface area contributed by atoms with Crippen LogP contribution in [0.1, 0.15) is 52.5 Å². The summed E-state index contributed by atoms with van der Waals surface area (Å²) >= 11 is 0. The van der Waals surface area contributed by atoms with E-state index in [4.69, 9.17) is 10.8 Å². The third kappa shape index (κ3) is 10.5. The number of rotatable bonds is 15. The number of carbonyl (C=O) groups is 5.